The zero-order chi connectivity index (χ0) is 15.3. The van der Waals surface area contributed by atoms with Gasteiger partial charge in [0.05, 0.1) is 5.56 Å². The van der Waals surface area contributed by atoms with Crippen LogP contribution in [0.5, 0.6) is 0 Å². The molecule has 1 aromatic rings. The fourth-order valence-corrected chi connectivity index (χ4v) is 1.37. The highest BCUT2D eigenvalue weighted by molar-refractivity contribution is 6.00. The molecule has 1 rings (SSSR count). The molecule has 0 bridgehead atoms. The first-order valence-electron chi connectivity index (χ1n) is 5.79. The van der Waals surface area contributed by atoms with Crippen molar-refractivity contribution in [1.82, 2.24) is 5.32 Å². The molecule has 0 saturated carbocycles. The zero-order valence-electron chi connectivity index (χ0n) is 11.2. The van der Waals surface area contributed by atoms with Gasteiger partial charge in [0.25, 0.3) is 5.91 Å². The molecule has 0 aliphatic rings. The van der Waals surface area contributed by atoms with Gasteiger partial charge in [-0.2, -0.15) is 0 Å². The summed E-state index contributed by atoms with van der Waals surface area (Å²) in [6, 6.07) is 3.44. The summed E-state index contributed by atoms with van der Waals surface area (Å²) in [6.45, 7) is 2.50. The van der Waals surface area contributed by atoms with E-state index in [2.05, 4.69) is 17.2 Å². The molecule has 0 aromatic heterocycles. The van der Waals surface area contributed by atoms with Crippen LogP contribution in [0.25, 0.3) is 0 Å². The molecule has 0 fully saturated rings. The molecule has 0 atom stereocenters. The van der Waals surface area contributed by atoms with Crippen LogP contribution in [0.2, 0.25) is 0 Å². The predicted molar refractivity (Wildman–Crippen MR) is 71.1 cm³/mol. The van der Waals surface area contributed by atoms with Gasteiger partial charge in [-0.3, -0.25) is 9.59 Å². The van der Waals surface area contributed by atoms with E-state index in [-0.39, 0.29) is 11.1 Å². The molecule has 0 aliphatic heterocycles. The summed E-state index contributed by atoms with van der Waals surface area (Å²) < 4.78 is 13.2. The van der Waals surface area contributed by atoms with E-state index in [1.807, 2.05) is 0 Å². The highest BCUT2D eigenvalue weighted by atomic mass is 19.1. The van der Waals surface area contributed by atoms with E-state index in [1.54, 1.807) is 0 Å². The number of primary amides is 1. The van der Waals surface area contributed by atoms with Crippen LogP contribution in [0.4, 0.5) is 4.39 Å². The lowest BCUT2D eigenvalue weighted by atomic mass is 10.0. The van der Waals surface area contributed by atoms with E-state index < -0.39 is 29.8 Å². The van der Waals surface area contributed by atoms with Crippen LogP contribution in [-0.4, -0.2) is 29.1 Å². The van der Waals surface area contributed by atoms with E-state index in [0.29, 0.717) is 0 Å². The maximum absolute atomic E-state index is 13.2. The molecule has 0 radical (unpaired) electrons. The molecule has 20 heavy (non-hydrogen) atoms. The molecule has 106 valence electrons. The quantitative estimate of drug-likeness (QED) is 0.688. The first-order chi connectivity index (χ1) is 9.27. The molecular formula is C14H15FN2O3. The fraction of sp³-hybridized carbons (Fsp3) is 0.286. The van der Waals surface area contributed by atoms with E-state index in [1.165, 1.54) is 19.9 Å². The minimum absolute atomic E-state index is 0.0988. The van der Waals surface area contributed by atoms with Gasteiger partial charge in [-0.15, -0.1) is 0 Å². The Morgan fingerprint density at radius 1 is 1.45 bits per heavy atom. The van der Waals surface area contributed by atoms with Crippen LogP contribution in [0.1, 0.15) is 29.8 Å². The molecule has 6 heteroatoms. The van der Waals surface area contributed by atoms with Crippen molar-refractivity contribution in [3.8, 4) is 11.8 Å². The first-order valence-corrected chi connectivity index (χ1v) is 5.79. The van der Waals surface area contributed by atoms with E-state index in [0.717, 1.165) is 12.1 Å². The predicted octanol–water partition coefficient (Wildman–Crippen LogP) is 0.163. The van der Waals surface area contributed by atoms with E-state index in [9.17, 15) is 14.0 Å². The Morgan fingerprint density at radius 2 is 2.10 bits per heavy atom. The molecule has 2 amide bonds. The van der Waals surface area contributed by atoms with Crippen LogP contribution in [-0.2, 0) is 4.79 Å². The summed E-state index contributed by atoms with van der Waals surface area (Å²) in [7, 11) is 0. The molecule has 1 aromatic carbocycles. The number of benzene rings is 1. The van der Waals surface area contributed by atoms with Gasteiger partial charge in [0.2, 0.25) is 5.91 Å². The number of amides is 2. The van der Waals surface area contributed by atoms with Crippen LogP contribution in [0.15, 0.2) is 18.2 Å². The Bertz CT molecular complexity index is 600. The first kappa shape index (κ1) is 15.7. The Labute approximate surface area is 116 Å². The van der Waals surface area contributed by atoms with Gasteiger partial charge in [0.15, 0.2) is 0 Å². The smallest absolute Gasteiger partial charge is 0.253 e. The molecular weight excluding hydrogens is 263 g/mol. The number of nitrogens with two attached hydrogens (primary N) is 1. The van der Waals surface area contributed by atoms with Gasteiger partial charge >= 0.3 is 0 Å². The van der Waals surface area contributed by atoms with Crippen molar-refractivity contribution in [2.45, 2.75) is 19.4 Å². The standard InChI is InChI=1S/C14H15FN2O3/c1-14(2,13(16)20)17-12(19)11-6-5-10(15)8-9(11)4-3-7-18/h5-6,8,18H,7H2,1-2H3,(H2,16,20)(H,17,19). The second kappa shape index (κ2) is 6.17. The minimum atomic E-state index is -1.24. The van der Waals surface area contributed by atoms with Gasteiger partial charge in [-0.25, -0.2) is 4.39 Å². The maximum Gasteiger partial charge on any atom is 0.253 e. The summed E-state index contributed by atoms with van der Waals surface area (Å²) in [6.07, 6.45) is 0. The number of nitrogens with one attached hydrogen (secondary N) is 1. The van der Waals surface area contributed by atoms with Crippen LogP contribution < -0.4 is 11.1 Å². The van der Waals surface area contributed by atoms with Crippen molar-refractivity contribution in [2.75, 3.05) is 6.61 Å². The topological polar surface area (TPSA) is 92.4 Å². The molecule has 0 saturated heterocycles. The molecule has 5 nitrogen and oxygen atoms in total. The number of carbonyl (C=O) groups excluding carboxylic acids is 2. The highest BCUT2D eigenvalue weighted by Gasteiger charge is 2.28. The second-order valence-corrected chi connectivity index (χ2v) is 4.59. The van der Waals surface area contributed by atoms with Gasteiger partial charge in [-0.05, 0) is 32.0 Å². The Kier molecular flexibility index (Phi) is 4.83. The number of halogens is 1. The fourth-order valence-electron chi connectivity index (χ4n) is 1.37. The van der Waals surface area contributed by atoms with Gasteiger partial charge in [0.1, 0.15) is 18.0 Å². The van der Waals surface area contributed by atoms with Crippen molar-refractivity contribution in [1.29, 1.82) is 0 Å². The average Bonchev–Trinajstić information content (AvgIpc) is 2.35. The lowest BCUT2D eigenvalue weighted by Crippen LogP contribution is -2.53. The summed E-state index contributed by atoms with van der Waals surface area (Å²) in [5.41, 5.74) is 4.14. The van der Waals surface area contributed by atoms with Gasteiger partial charge in [0, 0.05) is 5.56 Å². The lowest BCUT2D eigenvalue weighted by molar-refractivity contribution is -0.122. The van der Waals surface area contributed by atoms with Crippen molar-refractivity contribution >= 4 is 11.8 Å². The van der Waals surface area contributed by atoms with Crippen LogP contribution in [0.3, 0.4) is 0 Å². The Morgan fingerprint density at radius 3 is 2.65 bits per heavy atom. The summed E-state index contributed by atoms with van der Waals surface area (Å²) in [5, 5.41) is 11.1. The van der Waals surface area contributed by atoms with Crippen molar-refractivity contribution < 1.29 is 19.1 Å². The molecule has 0 unspecified atom stereocenters. The summed E-state index contributed by atoms with van der Waals surface area (Å²) in [5.74, 6) is 2.97. The summed E-state index contributed by atoms with van der Waals surface area (Å²) >= 11 is 0. The largest absolute Gasteiger partial charge is 0.384 e. The SMILES string of the molecule is CC(C)(NC(=O)c1ccc(F)cc1C#CCO)C(N)=O. The number of hydrogen-bond donors (Lipinski definition) is 3. The van der Waals surface area contributed by atoms with Gasteiger partial charge < -0.3 is 16.2 Å². The number of aliphatic hydroxyl groups is 1. The Balaban J connectivity index is 3.13. The number of carbonyl (C=O) groups is 2. The second-order valence-electron chi connectivity index (χ2n) is 4.59. The van der Waals surface area contributed by atoms with Crippen molar-refractivity contribution in [2.24, 2.45) is 5.73 Å². The van der Waals surface area contributed by atoms with Gasteiger partial charge in [-0.1, -0.05) is 11.8 Å². The third-order valence-corrected chi connectivity index (χ3v) is 2.57. The molecule has 4 N–H and O–H groups in total. The number of hydrogen-bond acceptors (Lipinski definition) is 3. The third kappa shape index (κ3) is 3.80. The normalized spacial score (nSPS) is 10.4. The average molecular weight is 278 g/mol. The summed E-state index contributed by atoms with van der Waals surface area (Å²) in [4.78, 5) is 23.3. The van der Waals surface area contributed by atoms with E-state index in [4.69, 9.17) is 10.8 Å². The van der Waals surface area contributed by atoms with Crippen molar-refractivity contribution in [3.63, 3.8) is 0 Å². The number of rotatable bonds is 3. The molecule has 0 heterocycles. The lowest BCUT2D eigenvalue weighted by Gasteiger charge is -2.22. The van der Waals surface area contributed by atoms with Crippen LogP contribution in [0, 0.1) is 17.7 Å². The number of aliphatic hydroxyl groups excluding tert-OH is 1. The van der Waals surface area contributed by atoms with Crippen LogP contribution >= 0.6 is 0 Å². The highest BCUT2D eigenvalue weighted by Crippen LogP contribution is 2.12. The van der Waals surface area contributed by atoms with E-state index >= 15 is 0 Å². The maximum atomic E-state index is 13.2. The van der Waals surface area contributed by atoms with Crippen molar-refractivity contribution in [3.05, 3.63) is 35.1 Å². The molecule has 0 spiro atoms. The Hall–Kier alpha value is -2.39. The zero-order valence-corrected chi connectivity index (χ0v) is 11.2. The minimum Gasteiger partial charge on any atom is -0.384 e. The monoisotopic (exact) mass is 278 g/mol. The molecule has 0 aliphatic carbocycles. The third-order valence-electron chi connectivity index (χ3n) is 2.57.